The summed E-state index contributed by atoms with van der Waals surface area (Å²) in [5.41, 5.74) is 0. The molecule has 0 unspecified atom stereocenters. The van der Waals surface area contributed by atoms with Gasteiger partial charge in [-0.25, -0.2) is 0 Å². The first-order chi connectivity index (χ1) is 15.8. The third-order valence-electron chi connectivity index (χ3n) is 2.63. The zero-order valence-corrected chi connectivity index (χ0v) is 18.3. The summed E-state index contributed by atoms with van der Waals surface area (Å²) in [6, 6.07) is 0. The molecule has 0 aliphatic heterocycles. The summed E-state index contributed by atoms with van der Waals surface area (Å²) in [6.45, 7) is 13.5. The minimum Gasteiger partial charge on any atom is -0.395 e. The molecule has 0 fully saturated rings. The molecule has 0 aliphatic rings. The highest BCUT2D eigenvalue weighted by Gasteiger charge is 2.23. The number of thioether (sulfide) groups is 1. The Morgan fingerprint density at radius 2 is 1.58 bits per heavy atom. The number of aromatic nitrogens is 4. The maximum atomic E-state index is 11.1. The van der Waals surface area contributed by atoms with Gasteiger partial charge in [0.1, 0.15) is 10.3 Å². The van der Waals surface area contributed by atoms with Gasteiger partial charge in [0.05, 0.1) is 24.7 Å². The summed E-state index contributed by atoms with van der Waals surface area (Å²) >= 11 is 4.76. The second-order valence-electron chi connectivity index (χ2n) is 4.88. The lowest BCUT2D eigenvalue weighted by Gasteiger charge is -2.00. The molecule has 2 aromatic rings. The van der Waals surface area contributed by atoms with E-state index in [1.165, 1.54) is 0 Å². The SMILES string of the molecule is O=C(CS)NCCO.[C-]#[N+]c1nonc1SCC(=O)NCCO.[C-]#[N+]c1nonc1[N+](=O)[O-]. The number of carbonyl (C=O) groups excluding carboxylic acids is 2. The van der Waals surface area contributed by atoms with Crippen LogP contribution < -0.4 is 10.6 Å². The summed E-state index contributed by atoms with van der Waals surface area (Å²) in [6.07, 6.45) is 0. The van der Waals surface area contributed by atoms with E-state index in [-0.39, 0.29) is 48.9 Å². The molecule has 0 atom stereocenters. The number of aliphatic hydroxyl groups is 2. The average molecular weight is 503 g/mol. The molecule has 0 saturated carbocycles. The average Bonchev–Trinajstić information content (AvgIpc) is 3.49. The van der Waals surface area contributed by atoms with Gasteiger partial charge in [-0.1, -0.05) is 13.1 Å². The van der Waals surface area contributed by atoms with Crippen molar-refractivity contribution in [3.05, 3.63) is 32.9 Å². The third kappa shape index (κ3) is 12.6. The number of amides is 2. The van der Waals surface area contributed by atoms with E-state index >= 15 is 0 Å². The normalized spacial score (nSPS) is 9.12. The molecule has 0 bridgehead atoms. The molecule has 0 aliphatic carbocycles. The number of thiol groups is 1. The van der Waals surface area contributed by atoms with Crippen molar-refractivity contribution < 1.29 is 34.0 Å². The minimum absolute atomic E-state index is 0.0144. The highest BCUT2D eigenvalue weighted by atomic mass is 32.2. The predicted octanol–water partition coefficient (Wildman–Crippen LogP) is -0.626. The number of nitro groups is 1. The highest BCUT2D eigenvalue weighted by molar-refractivity contribution is 8.00. The van der Waals surface area contributed by atoms with Gasteiger partial charge in [-0.3, -0.25) is 9.59 Å². The standard InChI is InChI=1S/C7H8N4O3S.C4H9NO2S.C3N4O3/c1-8-6-7(11-14-10-6)15-4-5(13)9-2-3-12;6-2-1-5-4(7)3-8;1-4-2-3(7(8)9)6-10-5-2/h12H,2-4H2,(H,9,13);6,8H,1-3H2,(H,5,7);. The van der Waals surface area contributed by atoms with Crippen molar-refractivity contribution in [1.82, 2.24) is 31.3 Å². The minimum atomic E-state index is -0.829. The van der Waals surface area contributed by atoms with Crippen LogP contribution in [0.2, 0.25) is 0 Å². The molecule has 2 aromatic heterocycles. The molecule has 4 N–H and O–H groups in total. The van der Waals surface area contributed by atoms with Crippen LogP contribution in [0.5, 0.6) is 0 Å². The predicted molar refractivity (Wildman–Crippen MR) is 113 cm³/mol. The van der Waals surface area contributed by atoms with Gasteiger partial charge in [-0.05, 0) is 14.7 Å². The van der Waals surface area contributed by atoms with Crippen LogP contribution >= 0.6 is 24.4 Å². The summed E-state index contributed by atoms with van der Waals surface area (Å²) < 4.78 is 8.29. The van der Waals surface area contributed by atoms with Crippen molar-refractivity contribution in [2.45, 2.75) is 5.03 Å². The van der Waals surface area contributed by atoms with E-state index in [9.17, 15) is 19.7 Å². The molecule has 0 spiro atoms. The van der Waals surface area contributed by atoms with Gasteiger partial charge in [0, 0.05) is 13.1 Å². The quantitative estimate of drug-likeness (QED) is 0.0945. The van der Waals surface area contributed by atoms with Crippen LogP contribution in [-0.2, 0) is 9.59 Å². The second kappa shape index (κ2) is 17.9. The van der Waals surface area contributed by atoms with E-state index in [0.717, 1.165) is 11.8 Å². The van der Waals surface area contributed by atoms with Gasteiger partial charge >= 0.3 is 17.5 Å². The number of nitrogens with one attached hydrogen (secondary N) is 2. The number of nitrogens with zero attached hydrogens (tertiary/aromatic N) is 7. The van der Waals surface area contributed by atoms with E-state index in [2.05, 4.69) is 62.8 Å². The smallest absolute Gasteiger partial charge is 0.395 e. The number of rotatable bonds is 9. The van der Waals surface area contributed by atoms with Crippen LogP contribution in [0, 0.1) is 23.3 Å². The number of hydrogen-bond donors (Lipinski definition) is 5. The van der Waals surface area contributed by atoms with Gasteiger partial charge in [-0.15, -0.1) is 11.8 Å². The molecular weight excluding hydrogens is 486 g/mol. The zero-order chi connectivity index (χ0) is 25.1. The van der Waals surface area contributed by atoms with Crippen molar-refractivity contribution in [1.29, 1.82) is 0 Å². The van der Waals surface area contributed by atoms with Gasteiger partial charge in [0.25, 0.3) is 0 Å². The Morgan fingerprint density at radius 1 is 1.03 bits per heavy atom. The Kier molecular flexibility index (Phi) is 15.8. The van der Waals surface area contributed by atoms with Gasteiger partial charge < -0.3 is 40.7 Å². The molecule has 2 rings (SSSR count). The Hall–Kier alpha value is -3.78. The van der Waals surface area contributed by atoms with Gasteiger partial charge in [0.15, 0.2) is 5.03 Å². The first-order valence-corrected chi connectivity index (χ1v) is 9.99. The Labute approximate surface area is 195 Å². The molecule has 0 radical (unpaired) electrons. The van der Waals surface area contributed by atoms with Gasteiger partial charge in [0.2, 0.25) is 17.0 Å². The van der Waals surface area contributed by atoms with E-state index in [4.69, 9.17) is 23.4 Å². The van der Waals surface area contributed by atoms with E-state index in [0.29, 0.717) is 11.6 Å². The number of carbonyl (C=O) groups is 2. The van der Waals surface area contributed by atoms with Crippen molar-refractivity contribution in [2.24, 2.45) is 0 Å². The summed E-state index contributed by atoms with van der Waals surface area (Å²) in [5.74, 6) is -1.12. The first-order valence-electron chi connectivity index (χ1n) is 8.37. The van der Waals surface area contributed by atoms with Crippen LogP contribution in [-0.4, -0.2) is 85.4 Å². The number of aliphatic hydroxyl groups excluding tert-OH is 2. The Morgan fingerprint density at radius 3 is 2.06 bits per heavy atom. The lowest BCUT2D eigenvalue weighted by atomic mass is 10.6. The second-order valence-corrected chi connectivity index (χ2v) is 6.16. The number of hydrogen-bond acceptors (Lipinski definition) is 14. The maximum absolute atomic E-state index is 11.1. The van der Waals surface area contributed by atoms with Crippen LogP contribution in [0.4, 0.5) is 17.5 Å². The lowest BCUT2D eigenvalue weighted by molar-refractivity contribution is -0.389. The third-order valence-corrected chi connectivity index (χ3v) is 3.86. The van der Waals surface area contributed by atoms with E-state index in [1.54, 1.807) is 0 Å². The van der Waals surface area contributed by atoms with Crippen molar-refractivity contribution in [3.8, 4) is 0 Å². The summed E-state index contributed by atoms with van der Waals surface area (Å²) in [4.78, 5) is 36.2. The Balaban J connectivity index is 0.000000495. The van der Waals surface area contributed by atoms with Gasteiger partial charge in [-0.2, -0.15) is 17.3 Å². The largest absolute Gasteiger partial charge is 0.447 e. The van der Waals surface area contributed by atoms with Crippen molar-refractivity contribution in [2.75, 3.05) is 37.8 Å². The topological polar surface area (TPSA) is 228 Å². The summed E-state index contributed by atoms with van der Waals surface area (Å²) in [7, 11) is 0. The van der Waals surface area contributed by atoms with E-state index in [1.807, 2.05) is 0 Å². The fourth-order valence-corrected chi connectivity index (χ4v) is 2.11. The first kappa shape index (κ1) is 29.2. The molecule has 19 heteroatoms. The lowest BCUT2D eigenvalue weighted by Crippen LogP contribution is -2.27. The molecular formula is C14H17N9O8S2. The molecule has 2 heterocycles. The molecule has 33 heavy (non-hydrogen) atoms. The summed E-state index contributed by atoms with van der Waals surface area (Å²) in [5, 5.41) is 44.4. The van der Waals surface area contributed by atoms with Crippen LogP contribution in [0.1, 0.15) is 0 Å². The Bertz CT molecular complexity index is 969. The molecule has 17 nitrogen and oxygen atoms in total. The van der Waals surface area contributed by atoms with Crippen molar-refractivity contribution >= 4 is 53.7 Å². The van der Waals surface area contributed by atoms with Crippen LogP contribution in [0.15, 0.2) is 14.3 Å². The maximum Gasteiger partial charge on any atom is 0.447 e. The molecule has 0 saturated heterocycles. The zero-order valence-electron chi connectivity index (χ0n) is 16.6. The van der Waals surface area contributed by atoms with Crippen LogP contribution in [0.3, 0.4) is 0 Å². The molecule has 2 amide bonds. The highest BCUT2D eigenvalue weighted by Crippen LogP contribution is 2.24. The molecule has 178 valence electrons. The van der Waals surface area contributed by atoms with Crippen LogP contribution in [0.25, 0.3) is 9.69 Å². The van der Waals surface area contributed by atoms with Crippen molar-refractivity contribution in [3.63, 3.8) is 0 Å². The van der Waals surface area contributed by atoms with E-state index < -0.39 is 16.6 Å². The monoisotopic (exact) mass is 503 g/mol. The fourth-order valence-electron chi connectivity index (χ4n) is 1.33. The molecule has 0 aromatic carbocycles. The fraction of sp³-hybridized carbons (Fsp3) is 0.429.